The SMILES string of the molecule is O=C(O)CNCc1nc2ccccc2[nH]1. The zero-order valence-corrected chi connectivity index (χ0v) is 8.03. The number of carbonyl (C=O) groups is 1. The van der Waals surface area contributed by atoms with Crippen molar-refractivity contribution in [2.24, 2.45) is 0 Å². The fourth-order valence-corrected chi connectivity index (χ4v) is 1.38. The molecule has 0 atom stereocenters. The lowest BCUT2D eigenvalue weighted by molar-refractivity contribution is -0.135. The van der Waals surface area contributed by atoms with Crippen LogP contribution < -0.4 is 5.32 Å². The molecule has 0 aliphatic carbocycles. The maximum Gasteiger partial charge on any atom is 0.317 e. The number of carboxylic acids is 1. The van der Waals surface area contributed by atoms with Crippen molar-refractivity contribution in [2.45, 2.75) is 6.54 Å². The van der Waals surface area contributed by atoms with Gasteiger partial charge in [0.25, 0.3) is 0 Å². The molecule has 15 heavy (non-hydrogen) atoms. The number of aromatic nitrogens is 2. The number of nitrogens with one attached hydrogen (secondary N) is 2. The lowest BCUT2D eigenvalue weighted by Gasteiger charge is -1.96. The summed E-state index contributed by atoms with van der Waals surface area (Å²) in [6.07, 6.45) is 0. The number of rotatable bonds is 4. The highest BCUT2D eigenvalue weighted by Crippen LogP contribution is 2.09. The molecule has 0 radical (unpaired) electrons. The lowest BCUT2D eigenvalue weighted by Crippen LogP contribution is -2.22. The number of fused-ring (bicyclic) bond motifs is 1. The minimum atomic E-state index is -0.869. The first-order valence-corrected chi connectivity index (χ1v) is 4.62. The molecule has 3 N–H and O–H groups in total. The molecule has 0 aliphatic heterocycles. The second-order valence-electron chi connectivity index (χ2n) is 3.20. The van der Waals surface area contributed by atoms with Crippen LogP contribution in [0.15, 0.2) is 24.3 Å². The van der Waals surface area contributed by atoms with Gasteiger partial charge in [-0.1, -0.05) is 12.1 Å². The summed E-state index contributed by atoms with van der Waals surface area (Å²) < 4.78 is 0. The normalized spacial score (nSPS) is 10.7. The monoisotopic (exact) mass is 205 g/mol. The van der Waals surface area contributed by atoms with E-state index < -0.39 is 5.97 Å². The second-order valence-corrected chi connectivity index (χ2v) is 3.20. The maximum atomic E-state index is 10.3. The summed E-state index contributed by atoms with van der Waals surface area (Å²) in [6, 6.07) is 7.68. The van der Waals surface area contributed by atoms with Gasteiger partial charge in [-0.15, -0.1) is 0 Å². The molecule has 0 saturated carbocycles. The lowest BCUT2D eigenvalue weighted by atomic mass is 10.3. The maximum absolute atomic E-state index is 10.3. The number of nitrogens with zero attached hydrogens (tertiary/aromatic N) is 1. The number of aliphatic carboxylic acids is 1. The van der Waals surface area contributed by atoms with Crippen molar-refractivity contribution >= 4 is 17.0 Å². The predicted octanol–water partition coefficient (Wildman–Crippen LogP) is 0.737. The fraction of sp³-hybridized carbons (Fsp3) is 0.200. The Hall–Kier alpha value is -1.88. The Balaban J connectivity index is 2.05. The van der Waals surface area contributed by atoms with Crippen molar-refractivity contribution in [3.05, 3.63) is 30.1 Å². The summed E-state index contributed by atoms with van der Waals surface area (Å²) in [4.78, 5) is 17.7. The van der Waals surface area contributed by atoms with Crippen LogP contribution in [0.4, 0.5) is 0 Å². The van der Waals surface area contributed by atoms with Crippen LogP contribution in [0, 0.1) is 0 Å². The van der Waals surface area contributed by atoms with E-state index in [-0.39, 0.29) is 6.54 Å². The molecule has 0 fully saturated rings. The summed E-state index contributed by atoms with van der Waals surface area (Å²) in [5.74, 6) is -0.122. The Morgan fingerprint density at radius 3 is 3.00 bits per heavy atom. The van der Waals surface area contributed by atoms with Crippen molar-refractivity contribution in [3.8, 4) is 0 Å². The van der Waals surface area contributed by atoms with E-state index in [2.05, 4.69) is 15.3 Å². The van der Waals surface area contributed by atoms with E-state index in [0.29, 0.717) is 6.54 Å². The third kappa shape index (κ3) is 2.32. The molecule has 0 amide bonds. The first-order chi connectivity index (χ1) is 7.25. The number of carboxylic acid groups (broad SMARTS) is 1. The molecule has 0 bridgehead atoms. The van der Waals surface area contributed by atoms with Gasteiger partial charge in [-0.25, -0.2) is 4.98 Å². The van der Waals surface area contributed by atoms with Crippen LogP contribution in [-0.4, -0.2) is 27.6 Å². The Bertz CT molecular complexity index is 445. The van der Waals surface area contributed by atoms with Crippen molar-refractivity contribution in [3.63, 3.8) is 0 Å². The smallest absolute Gasteiger partial charge is 0.317 e. The van der Waals surface area contributed by atoms with Crippen LogP contribution in [-0.2, 0) is 11.3 Å². The zero-order chi connectivity index (χ0) is 10.7. The van der Waals surface area contributed by atoms with E-state index in [0.717, 1.165) is 16.9 Å². The van der Waals surface area contributed by atoms with Gasteiger partial charge < -0.3 is 10.1 Å². The van der Waals surface area contributed by atoms with Crippen molar-refractivity contribution < 1.29 is 9.90 Å². The molecule has 5 nitrogen and oxygen atoms in total. The number of aromatic amines is 1. The summed E-state index contributed by atoms with van der Waals surface area (Å²) in [7, 11) is 0. The molecule has 78 valence electrons. The minimum absolute atomic E-state index is 0.0585. The third-order valence-corrected chi connectivity index (χ3v) is 2.01. The molecule has 2 rings (SSSR count). The topological polar surface area (TPSA) is 78.0 Å². The van der Waals surface area contributed by atoms with Gasteiger partial charge in [-0.05, 0) is 12.1 Å². The van der Waals surface area contributed by atoms with Gasteiger partial charge in [0.05, 0.1) is 24.1 Å². The van der Waals surface area contributed by atoms with E-state index in [1.807, 2.05) is 24.3 Å². The predicted molar refractivity (Wildman–Crippen MR) is 55.4 cm³/mol. The fourth-order valence-electron chi connectivity index (χ4n) is 1.38. The molecule has 1 aromatic heterocycles. The molecular weight excluding hydrogens is 194 g/mol. The van der Waals surface area contributed by atoms with E-state index in [1.165, 1.54) is 0 Å². The molecule has 0 unspecified atom stereocenters. The van der Waals surface area contributed by atoms with E-state index in [4.69, 9.17) is 5.11 Å². The average Bonchev–Trinajstić information content (AvgIpc) is 2.59. The highest BCUT2D eigenvalue weighted by atomic mass is 16.4. The van der Waals surface area contributed by atoms with Gasteiger partial charge >= 0.3 is 5.97 Å². The number of H-pyrrole nitrogens is 1. The average molecular weight is 205 g/mol. The Kier molecular flexibility index (Phi) is 2.64. The first-order valence-electron chi connectivity index (χ1n) is 4.62. The first kappa shape index (κ1) is 9.67. The molecular formula is C10H11N3O2. The van der Waals surface area contributed by atoms with Crippen LogP contribution in [0.3, 0.4) is 0 Å². The number of imidazole rings is 1. The third-order valence-electron chi connectivity index (χ3n) is 2.01. The van der Waals surface area contributed by atoms with Gasteiger partial charge in [0.1, 0.15) is 5.82 Å². The quantitative estimate of drug-likeness (QED) is 0.687. The molecule has 0 saturated heterocycles. The summed E-state index contributed by atoms with van der Waals surface area (Å²) in [5.41, 5.74) is 1.86. The van der Waals surface area contributed by atoms with Crippen molar-refractivity contribution in [1.82, 2.24) is 15.3 Å². The molecule has 0 aliphatic rings. The van der Waals surface area contributed by atoms with Gasteiger partial charge in [0, 0.05) is 0 Å². The van der Waals surface area contributed by atoms with Gasteiger partial charge in [-0.2, -0.15) is 0 Å². The van der Waals surface area contributed by atoms with E-state index in [9.17, 15) is 4.79 Å². The van der Waals surface area contributed by atoms with Gasteiger partial charge in [0.15, 0.2) is 0 Å². The molecule has 1 heterocycles. The number of hydrogen-bond acceptors (Lipinski definition) is 3. The number of hydrogen-bond donors (Lipinski definition) is 3. The van der Waals surface area contributed by atoms with Gasteiger partial charge in [-0.3, -0.25) is 10.1 Å². The summed E-state index contributed by atoms with van der Waals surface area (Å²) in [5, 5.41) is 11.2. The van der Waals surface area contributed by atoms with Crippen LogP contribution in [0.1, 0.15) is 5.82 Å². The van der Waals surface area contributed by atoms with Crippen molar-refractivity contribution in [2.75, 3.05) is 6.54 Å². The van der Waals surface area contributed by atoms with Crippen LogP contribution in [0.5, 0.6) is 0 Å². The Labute approximate surface area is 86.1 Å². The number of para-hydroxylation sites is 2. The minimum Gasteiger partial charge on any atom is -0.480 e. The Morgan fingerprint density at radius 2 is 2.27 bits per heavy atom. The zero-order valence-electron chi connectivity index (χ0n) is 8.03. The Morgan fingerprint density at radius 1 is 1.47 bits per heavy atom. The molecule has 1 aromatic carbocycles. The second kappa shape index (κ2) is 4.10. The van der Waals surface area contributed by atoms with Crippen LogP contribution >= 0.6 is 0 Å². The van der Waals surface area contributed by atoms with Crippen molar-refractivity contribution in [1.29, 1.82) is 0 Å². The van der Waals surface area contributed by atoms with E-state index in [1.54, 1.807) is 0 Å². The van der Waals surface area contributed by atoms with Crippen LogP contribution in [0.25, 0.3) is 11.0 Å². The highest BCUT2D eigenvalue weighted by Gasteiger charge is 2.02. The molecule has 0 spiro atoms. The summed E-state index contributed by atoms with van der Waals surface area (Å²) in [6.45, 7) is 0.373. The summed E-state index contributed by atoms with van der Waals surface area (Å²) >= 11 is 0. The molecule has 2 aromatic rings. The largest absolute Gasteiger partial charge is 0.480 e. The highest BCUT2D eigenvalue weighted by molar-refractivity contribution is 5.74. The standard InChI is InChI=1S/C10H11N3O2/c14-10(15)6-11-5-9-12-7-3-1-2-4-8(7)13-9/h1-4,11H,5-6H2,(H,12,13)(H,14,15). The molecule has 5 heteroatoms. The number of benzene rings is 1. The van der Waals surface area contributed by atoms with E-state index >= 15 is 0 Å². The van der Waals surface area contributed by atoms with Crippen LogP contribution in [0.2, 0.25) is 0 Å². The van der Waals surface area contributed by atoms with Gasteiger partial charge in [0.2, 0.25) is 0 Å².